The first-order valence-electron chi connectivity index (χ1n) is 19.6. The van der Waals surface area contributed by atoms with Crippen molar-refractivity contribution in [2.75, 3.05) is 33.0 Å². The van der Waals surface area contributed by atoms with Gasteiger partial charge in [-0.05, 0) is 0 Å². The fourth-order valence-electron chi connectivity index (χ4n) is 7.83. The highest BCUT2D eigenvalue weighted by atomic mass is 16.8. The molecule has 25 atom stereocenters. The van der Waals surface area contributed by atoms with E-state index in [2.05, 4.69) is 10.6 Å². The van der Waals surface area contributed by atoms with Crippen molar-refractivity contribution >= 4 is 11.8 Å². The molecule has 0 radical (unpaired) electrons. The third kappa shape index (κ3) is 10.8. The molecule has 5 heterocycles. The Balaban J connectivity index is 1.35. The van der Waals surface area contributed by atoms with Gasteiger partial charge in [0.05, 0.1) is 33.0 Å². The Kier molecular flexibility index (Phi) is 18.1. The highest BCUT2D eigenvalue weighted by Gasteiger charge is 2.57. The molecule has 5 fully saturated rings. The van der Waals surface area contributed by atoms with Crippen molar-refractivity contribution in [2.24, 2.45) is 0 Å². The van der Waals surface area contributed by atoms with Crippen LogP contribution in [0, 0.1) is 0 Å². The maximum absolute atomic E-state index is 12.4. The molecular formula is C34H58N2O26. The zero-order valence-electron chi connectivity index (χ0n) is 33.2. The Labute approximate surface area is 351 Å². The SMILES string of the molecule is CC(=O)N[C@@H]1[C@@H](O)[C@H](O[C@@H]2O[C@H](CO)[C@@H](O[C@@H]3O[C@H](CO)[C@@H](O)[C@H](O[C@@H]4O[C@H](CO)[C@@H](O)[C@H](O[C@@H]5O[C@H](CO)[C@@H](O)[C@H](O)[C@@H]5O)[C@@H]4O)[C@@H]3O)[C@H](O)[C@H]2NC(C)=O)[C@@H](CO)O[C@H]1O. The van der Waals surface area contributed by atoms with Crippen LogP contribution in [0.25, 0.3) is 0 Å². The molecule has 0 aliphatic carbocycles. The fourth-order valence-corrected chi connectivity index (χ4v) is 7.83. The molecule has 0 aromatic rings. The molecule has 0 aromatic heterocycles. The maximum atomic E-state index is 12.4. The first kappa shape index (κ1) is 51.0. The molecule has 17 N–H and O–H groups in total. The van der Waals surface area contributed by atoms with Crippen molar-refractivity contribution in [3.8, 4) is 0 Å². The van der Waals surface area contributed by atoms with Crippen LogP contribution in [0.15, 0.2) is 0 Å². The number of hydrogen-bond donors (Lipinski definition) is 17. The second-order valence-electron chi connectivity index (χ2n) is 15.4. The van der Waals surface area contributed by atoms with Crippen molar-refractivity contribution in [1.29, 1.82) is 0 Å². The lowest BCUT2D eigenvalue weighted by atomic mass is 9.94. The van der Waals surface area contributed by atoms with E-state index in [1.54, 1.807) is 0 Å². The summed E-state index contributed by atoms with van der Waals surface area (Å²) >= 11 is 0. The number of aliphatic hydroxyl groups excluding tert-OH is 15. The molecule has 0 aromatic carbocycles. The molecule has 0 spiro atoms. The lowest BCUT2D eigenvalue weighted by molar-refractivity contribution is -0.389. The van der Waals surface area contributed by atoms with Crippen molar-refractivity contribution in [1.82, 2.24) is 10.6 Å². The number of hydrogen-bond acceptors (Lipinski definition) is 26. The van der Waals surface area contributed by atoms with Gasteiger partial charge in [0, 0.05) is 13.8 Å². The third-order valence-corrected chi connectivity index (χ3v) is 11.1. The van der Waals surface area contributed by atoms with Gasteiger partial charge in [-0.2, -0.15) is 0 Å². The van der Waals surface area contributed by atoms with E-state index in [0.717, 1.165) is 13.8 Å². The Hall–Kier alpha value is -2.02. The van der Waals surface area contributed by atoms with Gasteiger partial charge in [-0.3, -0.25) is 9.59 Å². The molecule has 5 aliphatic heterocycles. The topological polar surface area (TPSA) is 445 Å². The van der Waals surface area contributed by atoms with Crippen LogP contribution in [0.1, 0.15) is 13.8 Å². The van der Waals surface area contributed by atoms with Crippen molar-refractivity contribution in [3.05, 3.63) is 0 Å². The van der Waals surface area contributed by atoms with Crippen LogP contribution in [-0.4, -0.2) is 275 Å². The third-order valence-electron chi connectivity index (χ3n) is 11.1. The van der Waals surface area contributed by atoms with Crippen LogP contribution in [0.4, 0.5) is 0 Å². The van der Waals surface area contributed by atoms with Crippen molar-refractivity contribution in [2.45, 2.75) is 167 Å². The van der Waals surface area contributed by atoms with Gasteiger partial charge in [0.25, 0.3) is 0 Å². The number of rotatable bonds is 15. The molecule has 0 saturated carbocycles. The van der Waals surface area contributed by atoms with E-state index >= 15 is 0 Å². The lowest BCUT2D eigenvalue weighted by Gasteiger charge is -2.50. The van der Waals surface area contributed by atoms with Crippen molar-refractivity contribution in [3.63, 3.8) is 0 Å². The molecule has 5 rings (SSSR count). The van der Waals surface area contributed by atoms with E-state index < -0.39 is 198 Å². The highest BCUT2D eigenvalue weighted by molar-refractivity contribution is 5.73. The largest absolute Gasteiger partial charge is 0.394 e. The summed E-state index contributed by atoms with van der Waals surface area (Å²) in [4.78, 5) is 24.1. The number of aliphatic hydroxyl groups is 15. The van der Waals surface area contributed by atoms with E-state index in [0.29, 0.717) is 0 Å². The summed E-state index contributed by atoms with van der Waals surface area (Å²) in [6.45, 7) is -2.49. The second kappa shape index (κ2) is 22.0. The van der Waals surface area contributed by atoms with Crippen LogP contribution in [0.5, 0.6) is 0 Å². The molecule has 360 valence electrons. The van der Waals surface area contributed by atoms with E-state index in [-0.39, 0.29) is 0 Å². The predicted molar refractivity (Wildman–Crippen MR) is 190 cm³/mol. The standard InChI is InChI=1S/C34H58N2O26/c1-8(42)35-15-20(47)26(13(6-40)54-30(15)53)59-31-16(36-9(2)43)21(48)27(14(7-41)58-31)60-33-24(51)29(19(46)11(4-38)56-33)62-34-25(52)28(18(45)12(5-39)57-34)61-32-23(50)22(49)17(44)10(3-37)55-32/h10-34,37-41,44-53H,3-7H2,1-2H3,(H,35,42)(H,36,43)/t10-,11-,12-,13-,14-,15-,16-,17-,18-,19-,20-,21-,22+,23+,24+,25+,26-,27-,28+,29+,30-,31+,32+,33+,34+/m1/s1. The number of carbonyl (C=O) groups excluding carboxylic acids is 2. The minimum Gasteiger partial charge on any atom is -0.394 e. The van der Waals surface area contributed by atoms with E-state index in [9.17, 15) is 86.2 Å². The minimum atomic E-state index is -2.16. The Morgan fingerprint density at radius 3 is 1.16 bits per heavy atom. The molecule has 0 unspecified atom stereocenters. The molecule has 5 saturated heterocycles. The van der Waals surface area contributed by atoms with E-state index in [1.807, 2.05) is 0 Å². The smallest absolute Gasteiger partial charge is 0.217 e. The Morgan fingerprint density at radius 1 is 0.387 bits per heavy atom. The fraction of sp³-hybridized carbons (Fsp3) is 0.941. The predicted octanol–water partition coefficient (Wildman–Crippen LogP) is -11.6. The molecule has 28 heteroatoms. The summed E-state index contributed by atoms with van der Waals surface area (Å²) in [7, 11) is 0. The first-order chi connectivity index (χ1) is 29.3. The molecule has 28 nitrogen and oxygen atoms in total. The average Bonchev–Trinajstić information content (AvgIpc) is 3.23. The molecule has 62 heavy (non-hydrogen) atoms. The van der Waals surface area contributed by atoms with Crippen LogP contribution in [0.2, 0.25) is 0 Å². The minimum absolute atomic E-state index is 0.685. The quantitative estimate of drug-likeness (QED) is 0.0725. The Bertz CT molecular complexity index is 1440. The summed E-state index contributed by atoms with van der Waals surface area (Å²) in [6, 6.07) is -3.15. The van der Waals surface area contributed by atoms with Crippen molar-refractivity contribution < 1.29 is 129 Å². The average molecular weight is 911 g/mol. The molecule has 0 bridgehead atoms. The van der Waals surface area contributed by atoms with Gasteiger partial charge in [-0.25, -0.2) is 0 Å². The number of amides is 2. The normalized spacial score (nSPS) is 49.0. The summed E-state index contributed by atoms with van der Waals surface area (Å²) < 4.78 is 50.6. The molecule has 2 amide bonds. The van der Waals surface area contributed by atoms with Gasteiger partial charge < -0.3 is 130 Å². The van der Waals surface area contributed by atoms with Crippen LogP contribution in [0.3, 0.4) is 0 Å². The first-order valence-corrected chi connectivity index (χ1v) is 19.6. The van der Waals surface area contributed by atoms with Gasteiger partial charge in [0.2, 0.25) is 11.8 Å². The Morgan fingerprint density at radius 2 is 0.726 bits per heavy atom. The highest BCUT2D eigenvalue weighted by Crippen LogP contribution is 2.35. The number of carbonyl (C=O) groups is 2. The van der Waals surface area contributed by atoms with Crippen LogP contribution in [-0.2, 0) is 52.2 Å². The number of nitrogens with one attached hydrogen (secondary N) is 2. The van der Waals surface area contributed by atoms with Gasteiger partial charge >= 0.3 is 0 Å². The molecule has 5 aliphatic rings. The summed E-state index contributed by atoms with van der Waals surface area (Å²) in [5, 5.41) is 163. The van der Waals surface area contributed by atoms with Gasteiger partial charge in [0.1, 0.15) is 122 Å². The summed E-state index contributed by atoms with van der Waals surface area (Å²) in [5.74, 6) is -1.47. The zero-order valence-corrected chi connectivity index (χ0v) is 33.2. The monoisotopic (exact) mass is 910 g/mol. The second-order valence-corrected chi connectivity index (χ2v) is 15.4. The van der Waals surface area contributed by atoms with Gasteiger partial charge in [-0.15, -0.1) is 0 Å². The van der Waals surface area contributed by atoms with E-state index in [1.165, 1.54) is 0 Å². The summed E-state index contributed by atoms with van der Waals surface area (Å²) in [5.41, 5.74) is 0. The lowest BCUT2D eigenvalue weighted by Crippen LogP contribution is -2.70. The zero-order chi connectivity index (χ0) is 45.9. The number of ether oxygens (including phenoxy) is 9. The maximum Gasteiger partial charge on any atom is 0.217 e. The van der Waals surface area contributed by atoms with E-state index in [4.69, 9.17) is 42.6 Å². The molecular weight excluding hydrogens is 852 g/mol. The van der Waals surface area contributed by atoms with Gasteiger partial charge in [0.15, 0.2) is 31.5 Å². The van der Waals surface area contributed by atoms with Crippen LogP contribution >= 0.6 is 0 Å². The van der Waals surface area contributed by atoms with Gasteiger partial charge in [-0.1, -0.05) is 0 Å². The summed E-state index contributed by atoms with van der Waals surface area (Å²) in [6.07, 6.45) is -42.4. The van der Waals surface area contributed by atoms with Crippen LogP contribution < -0.4 is 10.6 Å².